The molecule has 1 heterocycles. The van der Waals surface area contributed by atoms with E-state index in [1.54, 1.807) is 7.11 Å². The fourth-order valence-corrected chi connectivity index (χ4v) is 3.68. The minimum atomic E-state index is -0.777. The Hall–Kier alpha value is -1.47. The Morgan fingerprint density at radius 1 is 1.22 bits per heavy atom. The molecule has 1 aromatic carbocycles. The molecule has 1 aliphatic carbocycles. The highest BCUT2D eigenvalue weighted by atomic mass is 16.5. The fourth-order valence-electron chi connectivity index (χ4n) is 3.68. The van der Waals surface area contributed by atoms with Crippen molar-refractivity contribution in [1.29, 1.82) is 0 Å². The lowest BCUT2D eigenvalue weighted by molar-refractivity contribution is -0.138. The van der Waals surface area contributed by atoms with Gasteiger partial charge in [0.1, 0.15) is 0 Å². The van der Waals surface area contributed by atoms with Crippen molar-refractivity contribution in [3.63, 3.8) is 0 Å². The second-order valence-corrected chi connectivity index (χ2v) is 6.34. The molecular formula is C17H24N2O4. The molecule has 6 nitrogen and oxygen atoms in total. The highest BCUT2D eigenvalue weighted by Gasteiger charge is 2.45. The van der Waals surface area contributed by atoms with Gasteiger partial charge in [-0.3, -0.25) is 15.6 Å². The van der Waals surface area contributed by atoms with E-state index in [0.717, 1.165) is 18.4 Å². The maximum atomic E-state index is 11.0. The first-order chi connectivity index (χ1) is 11.2. The number of hydrogen-bond acceptors (Lipinski definition) is 5. The zero-order chi connectivity index (χ0) is 16.2. The van der Waals surface area contributed by atoms with E-state index in [2.05, 4.69) is 10.9 Å². The van der Waals surface area contributed by atoms with Crippen molar-refractivity contribution in [2.75, 3.05) is 7.11 Å². The van der Waals surface area contributed by atoms with E-state index in [1.165, 1.54) is 0 Å². The third-order valence-corrected chi connectivity index (χ3v) is 4.90. The van der Waals surface area contributed by atoms with Gasteiger partial charge in [0.2, 0.25) is 0 Å². The van der Waals surface area contributed by atoms with Gasteiger partial charge in [-0.1, -0.05) is 30.3 Å². The Balaban J connectivity index is 1.60. The number of hydrogen-bond donors (Lipinski definition) is 3. The number of benzene rings is 1. The quantitative estimate of drug-likeness (QED) is 0.733. The third kappa shape index (κ3) is 3.90. The molecule has 0 aromatic heterocycles. The molecule has 23 heavy (non-hydrogen) atoms. The molecule has 1 aliphatic heterocycles. The molecule has 2 fully saturated rings. The summed E-state index contributed by atoms with van der Waals surface area (Å²) >= 11 is 0. The highest BCUT2D eigenvalue weighted by molar-refractivity contribution is 5.67. The summed E-state index contributed by atoms with van der Waals surface area (Å²) in [6, 6.07) is 10.3. The summed E-state index contributed by atoms with van der Waals surface area (Å²) in [5.41, 5.74) is 7.51. The largest absolute Gasteiger partial charge is 0.481 e. The maximum Gasteiger partial charge on any atom is 0.304 e. The summed E-state index contributed by atoms with van der Waals surface area (Å²) in [6.45, 7) is 0.564. The molecule has 1 saturated heterocycles. The molecule has 5 unspecified atom stereocenters. The van der Waals surface area contributed by atoms with Crippen LogP contribution in [-0.4, -0.2) is 42.5 Å². The number of ether oxygens (including phenoxy) is 2. The van der Waals surface area contributed by atoms with Crippen molar-refractivity contribution in [2.45, 2.75) is 50.2 Å². The summed E-state index contributed by atoms with van der Waals surface area (Å²) in [6.07, 6.45) is 1.76. The lowest BCUT2D eigenvalue weighted by atomic mass is 9.78. The molecule has 1 aromatic rings. The fraction of sp³-hybridized carbons (Fsp3) is 0.588. The van der Waals surface area contributed by atoms with Crippen molar-refractivity contribution < 1.29 is 19.4 Å². The van der Waals surface area contributed by atoms with Crippen molar-refractivity contribution in [3.8, 4) is 0 Å². The van der Waals surface area contributed by atoms with Gasteiger partial charge >= 0.3 is 5.97 Å². The zero-order valence-corrected chi connectivity index (χ0v) is 13.3. The highest BCUT2D eigenvalue weighted by Crippen LogP contribution is 2.34. The first-order valence-electron chi connectivity index (χ1n) is 8.08. The van der Waals surface area contributed by atoms with Gasteiger partial charge in [-0.05, 0) is 24.3 Å². The number of hydrazine groups is 1. The van der Waals surface area contributed by atoms with Gasteiger partial charge in [-0.15, -0.1) is 0 Å². The summed E-state index contributed by atoms with van der Waals surface area (Å²) < 4.78 is 11.7. The summed E-state index contributed by atoms with van der Waals surface area (Å²) in [5, 5.41) is 9.03. The number of carboxylic acids is 1. The normalized spacial score (nSPS) is 33.3. The average Bonchev–Trinajstić information content (AvgIpc) is 2.94. The Kier molecular flexibility index (Phi) is 5.27. The molecule has 0 bridgehead atoms. The van der Waals surface area contributed by atoms with Gasteiger partial charge in [0.25, 0.3) is 0 Å². The molecule has 6 heteroatoms. The topological polar surface area (TPSA) is 79.8 Å². The van der Waals surface area contributed by atoms with Crippen LogP contribution in [0.1, 0.15) is 24.8 Å². The van der Waals surface area contributed by atoms with E-state index in [0.29, 0.717) is 6.61 Å². The van der Waals surface area contributed by atoms with Crippen LogP contribution >= 0.6 is 0 Å². The van der Waals surface area contributed by atoms with Crippen molar-refractivity contribution in [3.05, 3.63) is 35.9 Å². The zero-order valence-electron chi connectivity index (χ0n) is 13.3. The van der Waals surface area contributed by atoms with E-state index in [1.807, 2.05) is 30.3 Å². The second kappa shape index (κ2) is 7.40. The van der Waals surface area contributed by atoms with Crippen LogP contribution in [0.15, 0.2) is 30.3 Å². The van der Waals surface area contributed by atoms with Crippen LogP contribution in [0.25, 0.3) is 0 Å². The van der Waals surface area contributed by atoms with Crippen LogP contribution in [0.3, 0.4) is 0 Å². The summed E-state index contributed by atoms with van der Waals surface area (Å²) in [5.74, 6) is -0.519. The average molecular weight is 320 g/mol. The Morgan fingerprint density at radius 2 is 2.00 bits per heavy atom. The van der Waals surface area contributed by atoms with Crippen LogP contribution in [0.5, 0.6) is 0 Å². The van der Waals surface area contributed by atoms with E-state index < -0.39 is 5.97 Å². The molecule has 1 saturated carbocycles. The molecule has 0 radical (unpaired) electrons. The number of carboxylic acid groups (broad SMARTS) is 1. The first-order valence-corrected chi connectivity index (χ1v) is 8.08. The van der Waals surface area contributed by atoms with Gasteiger partial charge in [0, 0.05) is 19.2 Å². The van der Waals surface area contributed by atoms with Crippen LogP contribution < -0.4 is 10.9 Å². The van der Waals surface area contributed by atoms with Crippen LogP contribution in [0.2, 0.25) is 0 Å². The van der Waals surface area contributed by atoms with Gasteiger partial charge < -0.3 is 14.6 Å². The van der Waals surface area contributed by atoms with E-state index in [9.17, 15) is 4.79 Å². The molecule has 3 N–H and O–H groups in total. The van der Waals surface area contributed by atoms with Crippen LogP contribution in [0, 0.1) is 5.92 Å². The summed E-state index contributed by atoms with van der Waals surface area (Å²) in [7, 11) is 1.70. The van der Waals surface area contributed by atoms with Gasteiger partial charge in [-0.2, -0.15) is 0 Å². The number of methoxy groups -OCH3 is 1. The Labute approximate surface area is 136 Å². The van der Waals surface area contributed by atoms with E-state index in [4.69, 9.17) is 14.6 Å². The maximum absolute atomic E-state index is 11.0. The number of rotatable bonds is 6. The summed E-state index contributed by atoms with van der Waals surface area (Å²) in [4.78, 5) is 11.0. The van der Waals surface area contributed by atoms with Crippen molar-refractivity contribution in [2.24, 2.45) is 5.92 Å². The number of nitrogens with one attached hydrogen (secondary N) is 2. The third-order valence-electron chi connectivity index (χ3n) is 4.90. The molecule has 0 amide bonds. The Bertz CT molecular complexity index is 525. The molecule has 5 atom stereocenters. The van der Waals surface area contributed by atoms with Crippen molar-refractivity contribution >= 4 is 5.97 Å². The minimum absolute atomic E-state index is 0.00189. The molecule has 126 valence electrons. The minimum Gasteiger partial charge on any atom is -0.481 e. The van der Waals surface area contributed by atoms with Crippen LogP contribution in [-0.2, 0) is 20.9 Å². The molecule has 3 rings (SSSR count). The first kappa shape index (κ1) is 16.4. The molecule has 0 spiro atoms. The predicted molar refractivity (Wildman–Crippen MR) is 84.6 cm³/mol. The lowest BCUT2D eigenvalue weighted by Crippen LogP contribution is -2.47. The predicted octanol–water partition coefficient (Wildman–Crippen LogP) is 1.32. The standard InChI is InChI=1S/C17H24N2O4/c1-22-15-7-12-13(18-19-14(12)9-17(20)21)8-16(15)23-10-11-5-3-2-4-6-11/h2-6,12-16,18-19H,7-10H2,1H3,(H,20,21). The number of fused-ring (bicyclic) bond motifs is 1. The molecule has 2 aliphatic rings. The number of carbonyl (C=O) groups is 1. The van der Waals surface area contributed by atoms with Crippen LogP contribution in [0.4, 0.5) is 0 Å². The van der Waals surface area contributed by atoms with Gasteiger partial charge in [0.05, 0.1) is 25.2 Å². The molecular weight excluding hydrogens is 296 g/mol. The lowest BCUT2D eigenvalue weighted by Gasteiger charge is -2.38. The SMILES string of the molecule is COC1CC2C(CC(=O)O)NNC2CC1OCc1ccccc1. The monoisotopic (exact) mass is 320 g/mol. The van der Waals surface area contributed by atoms with E-state index in [-0.39, 0.29) is 36.6 Å². The van der Waals surface area contributed by atoms with Crippen molar-refractivity contribution in [1.82, 2.24) is 10.9 Å². The smallest absolute Gasteiger partial charge is 0.304 e. The number of aliphatic carboxylic acids is 1. The second-order valence-electron chi connectivity index (χ2n) is 6.34. The Morgan fingerprint density at radius 3 is 2.70 bits per heavy atom. The van der Waals surface area contributed by atoms with E-state index >= 15 is 0 Å². The van der Waals surface area contributed by atoms with Gasteiger partial charge in [-0.25, -0.2) is 0 Å². The van der Waals surface area contributed by atoms with Gasteiger partial charge in [0.15, 0.2) is 0 Å².